The van der Waals surface area contributed by atoms with Gasteiger partial charge in [0.05, 0.1) is 5.69 Å². The molecule has 2 bridgehead atoms. The van der Waals surface area contributed by atoms with Gasteiger partial charge in [-0.2, -0.15) is 0 Å². The summed E-state index contributed by atoms with van der Waals surface area (Å²) in [7, 11) is 0. The lowest BCUT2D eigenvalue weighted by atomic mass is 9.58. The summed E-state index contributed by atoms with van der Waals surface area (Å²) >= 11 is 0. The van der Waals surface area contributed by atoms with Crippen molar-refractivity contribution in [3.8, 4) is 11.1 Å². The van der Waals surface area contributed by atoms with E-state index in [1.165, 1.54) is 54.5 Å². The van der Waals surface area contributed by atoms with Crippen molar-refractivity contribution in [3.05, 3.63) is 83.7 Å². The molecule has 4 aliphatic carbocycles. The number of allylic oxidation sites excluding steroid dienone is 6. The average Bonchev–Trinajstić information content (AvgIpc) is 2.88. The van der Waals surface area contributed by atoms with E-state index < -0.39 is 0 Å². The molecular formula is C31H37N. The Morgan fingerprint density at radius 3 is 2.44 bits per heavy atom. The number of aromatic nitrogens is 1. The van der Waals surface area contributed by atoms with Gasteiger partial charge in [-0.15, -0.1) is 0 Å². The molecule has 1 nitrogen and oxygen atoms in total. The Kier molecular flexibility index (Phi) is 5.93. The molecule has 166 valence electrons. The summed E-state index contributed by atoms with van der Waals surface area (Å²) in [5, 5.41) is 0. The Balaban J connectivity index is 1.63. The highest BCUT2D eigenvalue weighted by Crippen LogP contribution is 2.56. The van der Waals surface area contributed by atoms with Crippen LogP contribution in [-0.2, 0) is 0 Å². The molecule has 0 N–H and O–H groups in total. The van der Waals surface area contributed by atoms with Crippen molar-refractivity contribution < 1.29 is 0 Å². The number of pyridine rings is 1. The molecule has 1 aromatic heterocycles. The van der Waals surface area contributed by atoms with Gasteiger partial charge in [0.1, 0.15) is 0 Å². The number of nitrogens with zero attached hydrogens (tertiary/aromatic N) is 1. The minimum Gasteiger partial charge on any atom is -0.257 e. The van der Waals surface area contributed by atoms with Gasteiger partial charge in [0.15, 0.2) is 0 Å². The first-order valence-electron chi connectivity index (χ1n) is 12.8. The summed E-state index contributed by atoms with van der Waals surface area (Å²) in [6, 6.07) is 15.2. The second kappa shape index (κ2) is 8.85. The molecule has 0 aliphatic heterocycles. The quantitative estimate of drug-likeness (QED) is 0.424. The highest BCUT2D eigenvalue weighted by molar-refractivity contribution is 5.75. The second-order valence-electron chi connectivity index (χ2n) is 10.4. The standard InChI is InChI=1S/C31H37N/c1-4-6-17-31(3,5-2)29-21-27-24-14-12-23(13-15-24)26(27)20-28(29)30-19-25(16-18-32-30)22-10-8-7-9-11-22/h6-11,16-20,23-24,29H,4-5,12-15,21H2,1-3H3. The molecule has 32 heavy (non-hydrogen) atoms. The molecule has 2 aromatic rings. The fourth-order valence-electron chi connectivity index (χ4n) is 6.45. The Hall–Kier alpha value is -2.41. The van der Waals surface area contributed by atoms with Crippen LogP contribution < -0.4 is 0 Å². The van der Waals surface area contributed by atoms with E-state index in [1.807, 2.05) is 6.20 Å². The van der Waals surface area contributed by atoms with E-state index in [-0.39, 0.29) is 5.41 Å². The van der Waals surface area contributed by atoms with Gasteiger partial charge in [-0.05, 0) is 103 Å². The summed E-state index contributed by atoms with van der Waals surface area (Å²) in [6.45, 7) is 7.09. The third kappa shape index (κ3) is 3.81. The van der Waals surface area contributed by atoms with Crippen LogP contribution in [0.3, 0.4) is 0 Å². The first kappa shape index (κ1) is 21.4. The van der Waals surface area contributed by atoms with Gasteiger partial charge in [-0.25, -0.2) is 0 Å². The predicted molar refractivity (Wildman–Crippen MR) is 136 cm³/mol. The van der Waals surface area contributed by atoms with Crippen molar-refractivity contribution in [2.45, 2.75) is 65.7 Å². The van der Waals surface area contributed by atoms with E-state index in [2.05, 4.69) is 81.5 Å². The number of hydrogen-bond donors (Lipinski definition) is 0. The molecule has 2 atom stereocenters. The number of benzene rings is 1. The topological polar surface area (TPSA) is 12.9 Å². The maximum Gasteiger partial charge on any atom is 0.0671 e. The minimum absolute atomic E-state index is 0.154. The molecule has 6 rings (SSSR count). The van der Waals surface area contributed by atoms with Gasteiger partial charge in [0.2, 0.25) is 0 Å². The maximum absolute atomic E-state index is 4.95. The molecule has 1 heterocycles. The first-order valence-corrected chi connectivity index (χ1v) is 12.8. The van der Waals surface area contributed by atoms with Crippen molar-refractivity contribution in [2.24, 2.45) is 23.2 Å². The van der Waals surface area contributed by atoms with Crippen LogP contribution in [0.1, 0.15) is 71.4 Å². The molecular weight excluding hydrogens is 386 g/mol. The minimum atomic E-state index is 0.154. The van der Waals surface area contributed by atoms with Crippen molar-refractivity contribution in [2.75, 3.05) is 0 Å². The van der Waals surface area contributed by atoms with Crippen LogP contribution in [0, 0.1) is 23.2 Å². The first-order chi connectivity index (χ1) is 15.6. The van der Waals surface area contributed by atoms with Crippen LogP contribution in [0.15, 0.2) is 78.0 Å². The van der Waals surface area contributed by atoms with Crippen LogP contribution in [0.2, 0.25) is 0 Å². The smallest absolute Gasteiger partial charge is 0.0671 e. The number of rotatable bonds is 6. The third-order valence-corrected chi connectivity index (χ3v) is 8.60. The summed E-state index contributed by atoms with van der Waals surface area (Å²) < 4.78 is 0. The molecule has 1 aromatic carbocycles. The maximum atomic E-state index is 4.95. The largest absolute Gasteiger partial charge is 0.257 e. The molecule has 4 aliphatic rings. The molecule has 0 saturated heterocycles. The number of hydrogen-bond acceptors (Lipinski definition) is 1. The lowest BCUT2D eigenvalue weighted by Crippen LogP contribution is -2.34. The molecule has 2 unspecified atom stereocenters. The lowest BCUT2D eigenvalue weighted by molar-refractivity contribution is 0.250. The van der Waals surface area contributed by atoms with Crippen molar-refractivity contribution >= 4 is 5.57 Å². The summed E-state index contributed by atoms with van der Waals surface area (Å²) in [5.41, 5.74) is 8.82. The summed E-state index contributed by atoms with van der Waals surface area (Å²) in [6.07, 6.45) is 18.6. The highest BCUT2D eigenvalue weighted by Gasteiger charge is 2.43. The van der Waals surface area contributed by atoms with Crippen LogP contribution in [0.4, 0.5) is 0 Å². The van der Waals surface area contributed by atoms with Gasteiger partial charge in [-0.1, -0.05) is 74.9 Å². The zero-order chi connectivity index (χ0) is 22.1. The van der Waals surface area contributed by atoms with E-state index >= 15 is 0 Å². The zero-order valence-corrected chi connectivity index (χ0v) is 20.0. The summed E-state index contributed by atoms with van der Waals surface area (Å²) in [5.74, 6) is 2.10. The Bertz CT molecular complexity index is 1050. The molecule has 1 saturated carbocycles. The van der Waals surface area contributed by atoms with Crippen molar-refractivity contribution in [1.82, 2.24) is 4.98 Å². The van der Waals surface area contributed by atoms with E-state index in [1.54, 1.807) is 11.1 Å². The van der Waals surface area contributed by atoms with E-state index in [0.29, 0.717) is 5.92 Å². The monoisotopic (exact) mass is 423 g/mol. The Labute approximate surface area is 194 Å². The van der Waals surface area contributed by atoms with Gasteiger partial charge >= 0.3 is 0 Å². The number of fused-ring (bicyclic) bond motifs is 2. The van der Waals surface area contributed by atoms with Gasteiger partial charge in [0, 0.05) is 6.20 Å². The molecule has 0 radical (unpaired) electrons. The molecule has 1 fully saturated rings. The molecule has 0 amide bonds. The van der Waals surface area contributed by atoms with Crippen LogP contribution in [-0.4, -0.2) is 4.98 Å². The SMILES string of the molecule is CCC=CC(C)(CC)C1CC2=C(C=C1c1cc(-c3ccccc3)ccn1)C1CCC2CC1. The van der Waals surface area contributed by atoms with Crippen LogP contribution >= 0.6 is 0 Å². The fourth-order valence-corrected chi connectivity index (χ4v) is 6.45. The van der Waals surface area contributed by atoms with Crippen molar-refractivity contribution in [3.63, 3.8) is 0 Å². The Morgan fingerprint density at radius 1 is 0.969 bits per heavy atom. The van der Waals surface area contributed by atoms with Crippen LogP contribution in [0.5, 0.6) is 0 Å². The fraction of sp³-hybridized carbons (Fsp3) is 0.452. The van der Waals surface area contributed by atoms with Crippen molar-refractivity contribution in [1.29, 1.82) is 0 Å². The van der Waals surface area contributed by atoms with Crippen LogP contribution in [0.25, 0.3) is 16.7 Å². The molecule has 1 heteroatoms. The average molecular weight is 424 g/mol. The summed E-state index contributed by atoms with van der Waals surface area (Å²) in [4.78, 5) is 4.95. The zero-order valence-electron chi connectivity index (χ0n) is 20.0. The molecule has 0 spiro atoms. The second-order valence-corrected chi connectivity index (χ2v) is 10.4. The normalized spacial score (nSPS) is 26.7. The van der Waals surface area contributed by atoms with Gasteiger partial charge < -0.3 is 0 Å². The van der Waals surface area contributed by atoms with Gasteiger partial charge in [-0.3, -0.25) is 4.98 Å². The van der Waals surface area contributed by atoms with E-state index in [4.69, 9.17) is 4.98 Å². The Morgan fingerprint density at radius 2 is 1.72 bits per heavy atom. The lowest BCUT2D eigenvalue weighted by Gasteiger charge is -2.47. The predicted octanol–water partition coefficient (Wildman–Crippen LogP) is 8.65. The van der Waals surface area contributed by atoms with Gasteiger partial charge in [0.25, 0.3) is 0 Å². The highest BCUT2D eigenvalue weighted by atomic mass is 14.7. The van der Waals surface area contributed by atoms with E-state index in [0.717, 1.165) is 24.7 Å². The third-order valence-electron chi connectivity index (χ3n) is 8.60. The van der Waals surface area contributed by atoms with E-state index in [9.17, 15) is 0 Å².